The molecule has 0 radical (unpaired) electrons. The van der Waals surface area contributed by atoms with Crippen molar-refractivity contribution in [3.8, 4) is 0 Å². The molecule has 4 aromatic rings. The molecule has 1 fully saturated rings. The van der Waals surface area contributed by atoms with Crippen molar-refractivity contribution in [3.63, 3.8) is 0 Å². The Bertz CT molecular complexity index is 1500. The van der Waals surface area contributed by atoms with Crippen LogP contribution in [0.4, 0.5) is 10.3 Å². The minimum absolute atomic E-state index is 0.228. The first-order valence-corrected chi connectivity index (χ1v) is 11.9. The van der Waals surface area contributed by atoms with Crippen LogP contribution in [0.2, 0.25) is 0 Å². The highest BCUT2D eigenvalue weighted by atomic mass is 32.1. The molecule has 3 aromatic heterocycles. The number of para-hydroxylation sites is 1. The number of hydrogen-bond donors (Lipinski definition) is 3. The van der Waals surface area contributed by atoms with E-state index in [0.29, 0.717) is 59.6 Å². The van der Waals surface area contributed by atoms with E-state index in [4.69, 9.17) is 15.7 Å². The van der Waals surface area contributed by atoms with E-state index < -0.39 is 24.0 Å². The number of nitrogens with two attached hydrogens (primary N) is 1. The minimum atomic E-state index is -0.830. The average Bonchev–Trinajstić information content (AvgIpc) is 3.53. The normalized spacial score (nSPS) is 18.4. The van der Waals surface area contributed by atoms with Gasteiger partial charge in [-0.1, -0.05) is 18.2 Å². The van der Waals surface area contributed by atoms with Crippen molar-refractivity contribution in [2.75, 3.05) is 24.7 Å². The summed E-state index contributed by atoms with van der Waals surface area (Å²) in [6, 6.07) is 9.33. The quantitative estimate of drug-likeness (QED) is 0.390. The van der Waals surface area contributed by atoms with Crippen LogP contribution >= 0.6 is 11.3 Å². The summed E-state index contributed by atoms with van der Waals surface area (Å²) in [5.74, 6) is -0.509. The number of H-pyrrole nitrogens is 1. The summed E-state index contributed by atoms with van der Waals surface area (Å²) < 4.78 is 13.4. The van der Waals surface area contributed by atoms with Crippen molar-refractivity contribution in [1.82, 2.24) is 20.3 Å². The summed E-state index contributed by atoms with van der Waals surface area (Å²) in [6.07, 6.45) is 2.70. The highest BCUT2D eigenvalue weighted by Crippen LogP contribution is 2.38. The third kappa shape index (κ3) is 3.21. The van der Waals surface area contributed by atoms with Crippen LogP contribution in [0, 0.1) is 0 Å². The van der Waals surface area contributed by atoms with E-state index in [2.05, 4.69) is 10.3 Å². The second kappa shape index (κ2) is 7.71. The number of nitrogens with zero attached hydrogens (tertiary/aromatic N) is 3. The number of aromatic amines is 1. The van der Waals surface area contributed by atoms with Gasteiger partial charge in [0.15, 0.2) is 0 Å². The topological polar surface area (TPSA) is 117 Å². The summed E-state index contributed by atoms with van der Waals surface area (Å²) in [7, 11) is 0. The Morgan fingerprint density at radius 1 is 1.06 bits per heavy atom. The number of thiophene rings is 1. The van der Waals surface area contributed by atoms with Gasteiger partial charge in [0.1, 0.15) is 11.5 Å². The van der Waals surface area contributed by atoms with Crippen LogP contribution in [0.5, 0.6) is 0 Å². The summed E-state index contributed by atoms with van der Waals surface area (Å²) in [5, 5.41) is 5.93. The first-order valence-electron chi connectivity index (χ1n) is 11.0. The largest absolute Gasteiger partial charge is 0.352 e. The Kier molecular flexibility index (Phi) is 4.75. The first kappa shape index (κ1) is 20.9. The number of benzene rings is 1. The molecule has 8 nitrogen and oxygen atoms in total. The van der Waals surface area contributed by atoms with E-state index in [9.17, 15) is 14.0 Å². The Balaban J connectivity index is 1.55. The fraction of sp³-hybridized carbons (Fsp3) is 0.250. The lowest BCUT2D eigenvalue weighted by molar-refractivity contribution is -0.122. The maximum atomic E-state index is 13.4. The Hall–Kier alpha value is -3.63. The lowest BCUT2D eigenvalue weighted by Crippen LogP contribution is -2.52. The maximum absolute atomic E-state index is 13.4. The SMILES string of the molecule is NC1(CF)CCN(c2nc(C3=C(c4c[nH]c5sccc45)C(=O)NC3=O)c3ccccc3n2)CC1. The van der Waals surface area contributed by atoms with E-state index in [1.165, 1.54) is 11.3 Å². The standard InChI is InChI=1S/C24H21FN6O2S/c25-12-24(26)6-8-31(9-7-24)23-28-16-4-2-1-3-14(16)19(29-23)18-17(20(32)30-21(18)33)15-11-27-22-13(15)5-10-34-22/h1-5,10-11,27H,6-9,12,26H2,(H,30,32,33). The van der Waals surface area contributed by atoms with Gasteiger partial charge in [0, 0.05) is 41.2 Å². The summed E-state index contributed by atoms with van der Waals surface area (Å²) in [5.41, 5.74) is 7.53. The van der Waals surface area contributed by atoms with Crippen molar-refractivity contribution in [2.45, 2.75) is 18.4 Å². The number of alkyl halides is 1. The molecule has 6 rings (SSSR count). The van der Waals surface area contributed by atoms with Gasteiger partial charge < -0.3 is 15.6 Å². The summed E-state index contributed by atoms with van der Waals surface area (Å²) >= 11 is 1.53. The molecule has 0 aliphatic carbocycles. The molecule has 0 unspecified atom stereocenters. The average molecular weight is 477 g/mol. The molecule has 10 heteroatoms. The van der Waals surface area contributed by atoms with Crippen LogP contribution in [0.3, 0.4) is 0 Å². The summed E-state index contributed by atoms with van der Waals surface area (Å²) in [4.78, 5) is 41.6. The van der Waals surface area contributed by atoms with Gasteiger partial charge in [0.25, 0.3) is 11.8 Å². The third-order valence-electron chi connectivity index (χ3n) is 6.64. The molecule has 1 saturated heterocycles. The molecular weight excluding hydrogens is 455 g/mol. The summed E-state index contributed by atoms with van der Waals surface area (Å²) in [6.45, 7) is 0.433. The number of imide groups is 1. The Labute approximate surface area is 197 Å². The van der Waals surface area contributed by atoms with Crippen LogP contribution in [0.15, 0.2) is 41.9 Å². The molecule has 2 aliphatic rings. The second-order valence-corrected chi connectivity index (χ2v) is 9.69. The highest BCUT2D eigenvalue weighted by Gasteiger charge is 2.37. The number of amides is 2. The predicted octanol–water partition coefficient (Wildman–Crippen LogP) is 3.01. The molecule has 1 aromatic carbocycles. The van der Waals surface area contributed by atoms with E-state index in [-0.39, 0.29) is 5.57 Å². The van der Waals surface area contributed by atoms with Gasteiger partial charge in [0.2, 0.25) is 5.95 Å². The number of carbonyl (C=O) groups is 2. The van der Waals surface area contributed by atoms with Crippen LogP contribution in [0.25, 0.3) is 32.3 Å². The molecule has 5 heterocycles. The van der Waals surface area contributed by atoms with Crippen LogP contribution in [-0.4, -0.2) is 52.1 Å². The molecule has 2 amide bonds. The van der Waals surface area contributed by atoms with Crippen LogP contribution < -0.4 is 16.0 Å². The van der Waals surface area contributed by atoms with Gasteiger partial charge in [-0.3, -0.25) is 14.9 Å². The number of anilines is 1. The zero-order chi connectivity index (χ0) is 23.4. The molecule has 0 atom stereocenters. The van der Waals surface area contributed by atoms with Gasteiger partial charge in [-0.25, -0.2) is 14.4 Å². The Morgan fingerprint density at radius 3 is 2.62 bits per heavy atom. The predicted molar refractivity (Wildman–Crippen MR) is 130 cm³/mol. The van der Waals surface area contributed by atoms with E-state index in [1.54, 1.807) is 6.20 Å². The first-order chi connectivity index (χ1) is 16.5. The molecule has 0 spiro atoms. The van der Waals surface area contributed by atoms with E-state index in [1.807, 2.05) is 40.6 Å². The number of carbonyl (C=O) groups excluding carboxylic acids is 2. The third-order valence-corrected chi connectivity index (χ3v) is 7.49. The number of fused-ring (bicyclic) bond motifs is 2. The van der Waals surface area contributed by atoms with Gasteiger partial charge in [-0.05, 0) is 30.4 Å². The minimum Gasteiger partial charge on any atom is -0.352 e. The van der Waals surface area contributed by atoms with Gasteiger partial charge in [-0.2, -0.15) is 0 Å². The molecule has 172 valence electrons. The molecule has 4 N–H and O–H groups in total. The molecule has 0 saturated carbocycles. The molecular formula is C24H21FN6O2S. The monoisotopic (exact) mass is 476 g/mol. The Morgan fingerprint density at radius 2 is 1.82 bits per heavy atom. The van der Waals surface area contributed by atoms with Gasteiger partial charge in [-0.15, -0.1) is 11.3 Å². The molecule has 0 bridgehead atoms. The number of nitrogens with one attached hydrogen (secondary N) is 2. The van der Waals surface area contributed by atoms with Crippen molar-refractivity contribution in [3.05, 3.63) is 53.2 Å². The van der Waals surface area contributed by atoms with Crippen LogP contribution in [0.1, 0.15) is 24.1 Å². The lowest BCUT2D eigenvalue weighted by atomic mass is 9.90. The van der Waals surface area contributed by atoms with E-state index in [0.717, 1.165) is 10.2 Å². The lowest BCUT2D eigenvalue weighted by Gasteiger charge is -2.37. The zero-order valence-corrected chi connectivity index (χ0v) is 18.9. The zero-order valence-electron chi connectivity index (χ0n) is 18.1. The maximum Gasteiger partial charge on any atom is 0.261 e. The number of piperidine rings is 1. The number of rotatable bonds is 4. The molecule has 34 heavy (non-hydrogen) atoms. The highest BCUT2D eigenvalue weighted by molar-refractivity contribution is 7.16. The van der Waals surface area contributed by atoms with Crippen LogP contribution in [-0.2, 0) is 9.59 Å². The number of aromatic nitrogens is 3. The molecule has 2 aliphatic heterocycles. The van der Waals surface area contributed by atoms with Crippen molar-refractivity contribution in [2.24, 2.45) is 5.73 Å². The smallest absolute Gasteiger partial charge is 0.261 e. The van der Waals surface area contributed by atoms with Gasteiger partial charge in [0.05, 0.1) is 22.4 Å². The van der Waals surface area contributed by atoms with E-state index >= 15 is 0 Å². The fourth-order valence-electron chi connectivity index (χ4n) is 4.68. The van der Waals surface area contributed by atoms with Crippen molar-refractivity contribution < 1.29 is 14.0 Å². The second-order valence-electron chi connectivity index (χ2n) is 8.77. The number of halogens is 1. The van der Waals surface area contributed by atoms with Crippen molar-refractivity contribution in [1.29, 1.82) is 0 Å². The van der Waals surface area contributed by atoms with Gasteiger partial charge >= 0.3 is 0 Å². The number of hydrogen-bond acceptors (Lipinski definition) is 7. The fourth-order valence-corrected chi connectivity index (χ4v) is 5.45. The van der Waals surface area contributed by atoms with Crippen molar-refractivity contribution >= 4 is 61.4 Å².